The number of nitrogens with two attached hydrogens (primary N) is 1. The van der Waals surface area contributed by atoms with E-state index in [9.17, 15) is 4.79 Å². The maximum Gasteiger partial charge on any atom is 0.222 e. The molecule has 1 saturated carbocycles. The number of amides is 1. The molecule has 3 N–H and O–H groups in total. The summed E-state index contributed by atoms with van der Waals surface area (Å²) in [5.74, 6) is -0.200. The first-order valence-electron chi connectivity index (χ1n) is 7.69. The first-order valence-corrected chi connectivity index (χ1v) is 8.49. The molecule has 1 atom stereocenters. The Labute approximate surface area is 134 Å². The van der Waals surface area contributed by atoms with Crippen LogP contribution in [-0.2, 0) is 11.3 Å². The highest BCUT2D eigenvalue weighted by Crippen LogP contribution is 2.30. The highest BCUT2D eigenvalue weighted by atomic mass is 79.9. The lowest BCUT2D eigenvalue weighted by molar-refractivity contribution is -0.122. The number of nitrogens with one attached hydrogen (secondary N) is 1. The van der Waals surface area contributed by atoms with Gasteiger partial charge in [0.05, 0.1) is 5.92 Å². The van der Waals surface area contributed by atoms with E-state index in [1.54, 1.807) is 0 Å². The third-order valence-electron chi connectivity index (χ3n) is 4.37. The van der Waals surface area contributed by atoms with Gasteiger partial charge >= 0.3 is 0 Å². The molecule has 1 aliphatic carbocycles. The van der Waals surface area contributed by atoms with Gasteiger partial charge in [-0.25, -0.2) is 0 Å². The van der Waals surface area contributed by atoms with Crippen LogP contribution in [0.5, 0.6) is 0 Å². The Bertz CT molecular complexity index is 530. The predicted molar refractivity (Wildman–Crippen MR) is 88.1 cm³/mol. The molecule has 4 nitrogen and oxygen atoms in total. The minimum absolute atomic E-state index is 0.0260. The maximum absolute atomic E-state index is 11.5. The Morgan fingerprint density at radius 2 is 2.19 bits per heavy atom. The molecule has 1 aromatic carbocycles. The number of piperidine rings is 1. The summed E-state index contributed by atoms with van der Waals surface area (Å²) >= 11 is 3.56. The molecule has 1 aromatic rings. The van der Waals surface area contributed by atoms with Crippen LogP contribution in [0.25, 0.3) is 0 Å². The standard InChI is InChI=1S/C16H22BrN3O/c17-13-4-3-11(9-19-14-5-6-14)15(8-13)20-7-1-2-12(10-20)16(18)21/h3-4,8,12,14,19H,1-2,5-7,9-10H2,(H2,18,21). The molecule has 5 heteroatoms. The zero-order valence-corrected chi connectivity index (χ0v) is 13.7. The van der Waals surface area contributed by atoms with E-state index in [0.29, 0.717) is 6.04 Å². The van der Waals surface area contributed by atoms with E-state index >= 15 is 0 Å². The Hall–Kier alpha value is -1.07. The average Bonchev–Trinajstić information content (AvgIpc) is 3.30. The van der Waals surface area contributed by atoms with Crippen molar-refractivity contribution in [1.29, 1.82) is 0 Å². The van der Waals surface area contributed by atoms with E-state index in [1.165, 1.54) is 24.1 Å². The minimum Gasteiger partial charge on any atom is -0.370 e. The fraction of sp³-hybridized carbons (Fsp3) is 0.562. The molecule has 1 heterocycles. The average molecular weight is 352 g/mol. The summed E-state index contributed by atoms with van der Waals surface area (Å²) < 4.78 is 1.08. The second kappa shape index (κ2) is 6.36. The van der Waals surface area contributed by atoms with Gasteiger partial charge in [-0.1, -0.05) is 22.0 Å². The lowest BCUT2D eigenvalue weighted by Gasteiger charge is -2.34. The van der Waals surface area contributed by atoms with Crippen molar-refractivity contribution in [2.24, 2.45) is 11.7 Å². The topological polar surface area (TPSA) is 58.4 Å². The molecular weight excluding hydrogens is 330 g/mol. The second-order valence-corrected chi connectivity index (χ2v) is 7.03. The Morgan fingerprint density at radius 3 is 2.90 bits per heavy atom. The fourth-order valence-electron chi connectivity index (χ4n) is 2.95. The molecule has 1 saturated heterocycles. The zero-order chi connectivity index (χ0) is 14.8. The van der Waals surface area contributed by atoms with Gasteiger partial charge in [0, 0.05) is 35.8 Å². The normalized spacial score (nSPS) is 22.3. The van der Waals surface area contributed by atoms with E-state index < -0.39 is 0 Å². The molecule has 3 rings (SSSR count). The van der Waals surface area contributed by atoms with Crippen LogP contribution in [0.1, 0.15) is 31.2 Å². The van der Waals surface area contributed by atoms with Gasteiger partial charge in [0.15, 0.2) is 0 Å². The smallest absolute Gasteiger partial charge is 0.222 e. The number of hydrogen-bond acceptors (Lipinski definition) is 3. The zero-order valence-electron chi connectivity index (χ0n) is 12.1. The van der Waals surface area contributed by atoms with E-state index in [0.717, 1.165) is 36.9 Å². The Balaban J connectivity index is 1.77. The number of primary amides is 1. The van der Waals surface area contributed by atoms with Gasteiger partial charge in [-0.05, 0) is 43.4 Å². The number of carbonyl (C=O) groups excluding carboxylic acids is 1. The number of nitrogens with zero attached hydrogens (tertiary/aromatic N) is 1. The molecule has 1 amide bonds. The van der Waals surface area contributed by atoms with Crippen molar-refractivity contribution < 1.29 is 4.79 Å². The van der Waals surface area contributed by atoms with Gasteiger partial charge in [-0.15, -0.1) is 0 Å². The van der Waals surface area contributed by atoms with E-state index in [-0.39, 0.29) is 11.8 Å². The minimum atomic E-state index is -0.174. The summed E-state index contributed by atoms with van der Waals surface area (Å²) in [7, 11) is 0. The van der Waals surface area contributed by atoms with Crippen LogP contribution in [0.15, 0.2) is 22.7 Å². The van der Waals surface area contributed by atoms with E-state index in [4.69, 9.17) is 5.73 Å². The third kappa shape index (κ3) is 3.77. The Morgan fingerprint density at radius 1 is 1.38 bits per heavy atom. The lowest BCUT2D eigenvalue weighted by Crippen LogP contribution is -2.41. The summed E-state index contributed by atoms with van der Waals surface area (Å²) in [6.45, 7) is 2.63. The van der Waals surface area contributed by atoms with E-state index in [1.807, 2.05) is 0 Å². The van der Waals surface area contributed by atoms with Crippen LogP contribution in [0.4, 0.5) is 5.69 Å². The number of hydrogen-bond donors (Lipinski definition) is 2. The highest BCUT2D eigenvalue weighted by molar-refractivity contribution is 9.10. The van der Waals surface area contributed by atoms with Gasteiger partial charge in [0.25, 0.3) is 0 Å². The van der Waals surface area contributed by atoms with Crippen molar-refractivity contribution in [2.45, 2.75) is 38.3 Å². The van der Waals surface area contributed by atoms with Crippen LogP contribution >= 0.6 is 15.9 Å². The quantitative estimate of drug-likeness (QED) is 0.856. The molecule has 2 fully saturated rings. The molecule has 21 heavy (non-hydrogen) atoms. The van der Waals surface area contributed by atoms with Crippen molar-refractivity contribution in [3.8, 4) is 0 Å². The van der Waals surface area contributed by atoms with Crippen molar-refractivity contribution in [3.05, 3.63) is 28.2 Å². The van der Waals surface area contributed by atoms with E-state index in [2.05, 4.69) is 44.3 Å². The molecule has 2 aliphatic rings. The largest absolute Gasteiger partial charge is 0.370 e. The van der Waals surface area contributed by atoms with Crippen molar-refractivity contribution in [2.75, 3.05) is 18.0 Å². The second-order valence-electron chi connectivity index (χ2n) is 6.12. The monoisotopic (exact) mass is 351 g/mol. The summed E-state index contributed by atoms with van der Waals surface area (Å²) in [6.07, 6.45) is 4.52. The Kier molecular flexibility index (Phi) is 4.50. The van der Waals surface area contributed by atoms with Crippen LogP contribution in [-0.4, -0.2) is 25.0 Å². The van der Waals surface area contributed by atoms with Gasteiger partial charge in [-0.3, -0.25) is 4.79 Å². The molecule has 114 valence electrons. The fourth-order valence-corrected chi connectivity index (χ4v) is 3.30. The molecule has 0 spiro atoms. The predicted octanol–water partition coefficient (Wildman–Crippen LogP) is 2.40. The number of anilines is 1. The highest BCUT2D eigenvalue weighted by Gasteiger charge is 2.26. The van der Waals surface area contributed by atoms with Crippen LogP contribution in [0.3, 0.4) is 0 Å². The summed E-state index contributed by atoms with van der Waals surface area (Å²) in [6, 6.07) is 7.11. The van der Waals surface area contributed by atoms with Crippen molar-refractivity contribution in [1.82, 2.24) is 5.32 Å². The summed E-state index contributed by atoms with van der Waals surface area (Å²) in [4.78, 5) is 13.8. The SMILES string of the molecule is NC(=O)C1CCCN(c2cc(Br)ccc2CNC2CC2)C1. The van der Waals surface area contributed by atoms with Gasteiger partial charge < -0.3 is 16.0 Å². The van der Waals surface area contributed by atoms with Gasteiger partial charge in [0.2, 0.25) is 5.91 Å². The first kappa shape index (κ1) is 14.9. The molecule has 1 aliphatic heterocycles. The van der Waals surface area contributed by atoms with Crippen molar-refractivity contribution >= 4 is 27.5 Å². The third-order valence-corrected chi connectivity index (χ3v) is 4.86. The molecule has 0 aromatic heterocycles. The number of carbonyl (C=O) groups is 1. The summed E-state index contributed by atoms with van der Waals surface area (Å²) in [5, 5.41) is 3.57. The van der Waals surface area contributed by atoms with Gasteiger partial charge in [0.1, 0.15) is 0 Å². The maximum atomic E-state index is 11.5. The lowest BCUT2D eigenvalue weighted by atomic mass is 9.96. The van der Waals surface area contributed by atoms with Gasteiger partial charge in [-0.2, -0.15) is 0 Å². The van der Waals surface area contributed by atoms with Crippen LogP contribution < -0.4 is 16.0 Å². The molecular formula is C16H22BrN3O. The molecule has 1 unspecified atom stereocenters. The molecule has 0 radical (unpaired) electrons. The number of rotatable bonds is 5. The van der Waals surface area contributed by atoms with Crippen LogP contribution in [0.2, 0.25) is 0 Å². The van der Waals surface area contributed by atoms with Crippen molar-refractivity contribution in [3.63, 3.8) is 0 Å². The summed E-state index contributed by atoms with van der Waals surface area (Å²) in [5.41, 5.74) is 8.02. The first-order chi connectivity index (χ1) is 10.1. The number of benzene rings is 1. The number of halogens is 1. The van der Waals surface area contributed by atoms with Crippen LogP contribution in [0, 0.1) is 5.92 Å². The molecule has 0 bridgehead atoms.